The molecule has 3 aromatic rings. The van der Waals surface area contributed by atoms with E-state index in [2.05, 4.69) is 94.2 Å². The van der Waals surface area contributed by atoms with Crippen LogP contribution in [0.2, 0.25) is 0 Å². The third-order valence-corrected chi connectivity index (χ3v) is 6.97. The summed E-state index contributed by atoms with van der Waals surface area (Å²) >= 11 is 0. The fourth-order valence-corrected chi connectivity index (χ4v) is 5.01. The normalized spacial score (nSPS) is 12.2. The molecule has 3 rings (SSSR count). The van der Waals surface area contributed by atoms with Crippen molar-refractivity contribution < 1.29 is 4.74 Å². The molecule has 0 spiro atoms. The van der Waals surface area contributed by atoms with E-state index in [4.69, 9.17) is 9.72 Å². The summed E-state index contributed by atoms with van der Waals surface area (Å²) in [7, 11) is 4.02. The number of methoxy groups -OCH3 is 1. The van der Waals surface area contributed by atoms with Crippen molar-refractivity contribution in [3.05, 3.63) is 82.5 Å². The van der Waals surface area contributed by atoms with Crippen LogP contribution in [0.5, 0.6) is 5.75 Å². The van der Waals surface area contributed by atoms with Crippen molar-refractivity contribution in [1.82, 2.24) is 9.88 Å². The molecule has 0 amide bonds. The summed E-state index contributed by atoms with van der Waals surface area (Å²) in [6.07, 6.45) is 6.89. The predicted octanol–water partition coefficient (Wildman–Crippen LogP) is 7.94. The van der Waals surface area contributed by atoms with E-state index in [9.17, 15) is 0 Å². The molecule has 1 atom stereocenters. The Bertz CT molecular complexity index is 1020. The summed E-state index contributed by atoms with van der Waals surface area (Å²) < 4.78 is 5.95. The van der Waals surface area contributed by atoms with Gasteiger partial charge >= 0.3 is 0 Å². The second-order valence-electron chi connectivity index (χ2n) is 9.27. The highest BCUT2D eigenvalue weighted by molar-refractivity contribution is 5.70. The zero-order chi connectivity index (χ0) is 24.5. The highest BCUT2D eigenvalue weighted by atomic mass is 16.5. The summed E-state index contributed by atoms with van der Waals surface area (Å²) in [6.45, 7) is 9.64. The minimum atomic E-state index is 0.379. The topological polar surface area (TPSA) is 25.4 Å². The summed E-state index contributed by atoms with van der Waals surface area (Å²) in [4.78, 5) is 7.59. The molecule has 0 aliphatic carbocycles. The zero-order valence-electron chi connectivity index (χ0n) is 22.0. The first-order chi connectivity index (χ1) is 16.5. The average Bonchev–Trinajstić information content (AvgIpc) is 2.87. The van der Waals surface area contributed by atoms with Crippen LogP contribution in [0.25, 0.3) is 11.3 Å². The summed E-state index contributed by atoms with van der Waals surface area (Å²) in [5, 5.41) is 0. The summed E-state index contributed by atoms with van der Waals surface area (Å²) in [6, 6.07) is 20.0. The molecule has 0 fully saturated rings. The van der Waals surface area contributed by atoms with Gasteiger partial charge in [-0.3, -0.25) is 9.88 Å². The van der Waals surface area contributed by atoms with Crippen molar-refractivity contribution in [3.63, 3.8) is 0 Å². The average molecular weight is 459 g/mol. The molecular weight excluding hydrogens is 416 g/mol. The van der Waals surface area contributed by atoms with E-state index in [1.807, 2.05) is 0 Å². The molecule has 3 heteroatoms. The van der Waals surface area contributed by atoms with E-state index in [1.165, 1.54) is 47.1 Å². The minimum absolute atomic E-state index is 0.379. The molecule has 3 nitrogen and oxygen atoms in total. The molecule has 0 bridgehead atoms. The maximum absolute atomic E-state index is 5.95. The van der Waals surface area contributed by atoms with Gasteiger partial charge in [0.15, 0.2) is 0 Å². The van der Waals surface area contributed by atoms with Gasteiger partial charge < -0.3 is 4.74 Å². The van der Waals surface area contributed by atoms with Crippen LogP contribution in [-0.2, 0) is 19.4 Å². The fraction of sp³-hybridized carbons (Fsp3) is 0.452. The van der Waals surface area contributed by atoms with Crippen molar-refractivity contribution in [2.45, 2.75) is 78.8 Å². The van der Waals surface area contributed by atoms with E-state index in [0.717, 1.165) is 42.9 Å². The number of hydrogen-bond donors (Lipinski definition) is 0. The highest BCUT2D eigenvalue weighted by Crippen LogP contribution is 2.35. The van der Waals surface area contributed by atoms with Crippen LogP contribution in [0, 0.1) is 6.92 Å². The Labute approximate surface area is 207 Å². The lowest BCUT2D eigenvalue weighted by molar-refractivity contribution is 0.216. The first kappa shape index (κ1) is 26.0. The Balaban J connectivity index is 1.96. The molecule has 1 unspecified atom stereocenters. The van der Waals surface area contributed by atoms with E-state index < -0.39 is 0 Å². The fourth-order valence-electron chi connectivity index (χ4n) is 5.01. The van der Waals surface area contributed by atoms with Crippen molar-refractivity contribution in [1.29, 1.82) is 0 Å². The molecule has 1 heterocycles. The Morgan fingerprint density at radius 3 is 2.18 bits per heavy atom. The zero-order valence-corrected chi connectivity index (χ0v) is 22.0. The number of pyridine rings is 1. The summed E-state index contributed by atoms with van der Waals surface area (Å²) in [5.74, 6) is 0.933. The van der Waals surface area contributed by atoms with Crippen LogP contribution in [0.4, 0.5) is 0 Å². The second kappa shape index (κ2) is 12.7. The molecule has 182 valence electrons. The van der Waals surface area contributed by atoms with Crippen LogP contribution in [-0.4, -0.2) is 24.0 Å². The second-order valence-corrected chi connectivity index (χ2v) is 9.27. The van der Waals surface area contributed by atoms with Crippen LogP contribution in [0.3, 0.4) is 0 Å². The van der Waals surface area contributed by atoms with Crippen LogP contribution in [0.1, 0.15) is 80.4 Å². The Morgan fingerprint density at radius 1 is 0.912 bits per heavy atom. The van der Waals surface area contributed by atoms with Gasteiger partial charge in [0.25, 0.3) is 0 Å². The van der Waals surface area contributed by atoms with Gasteiger partial charge in [-0.1, -0.05) is 88.6 Å². The van der Waals surface area contributed by atoms with Crippen LogP contribution < -0.4 is 4.74 Å². The molecule has 0 N–H and O–H groups in total. The number of unbranched alkanes of at least 4 members (excludes halogenated alkanes) is 2. The smallest absolute Gasteiger partial charge is 0.127 e. The summed E-state index contributed by atoms with van der Waals surface area (Å²) in [5.41, 5.74) is 8.60. The molecule has 34 heavy (non-hydrogen) atoms. The number of aromatic nitrogens is 1. The van der Waals surface area contributed by atoms with Crippen LogP contribution >= 0.6 is 0 Å². The van der Waals surface area contributed by atoms with Crippen molar-refractivity contribution in [2.75, 3.05) is 14.2 Å². The number of aryl methyl sites for hydroxylation is 3. The van der Waals surface area contributed by atoms with E-state index in [1.54, 1.807) is 7.11 Å². The third-order valence-electron chi connectivity index (χ3n) is 6.97. The molecule has 0 radical (unpaired) electrons. The van der Waals surface area contributed by atoms with Gasteiger partial charge in [0.2, 0.25) is 0 Å². The lowest BCUT2D eigenvalue weighted by atomic mass is 9.94. The number of ether oxygens (including phenoxy) is 1. The van der Waals surface area contributed by atoms with Gasteiger partial charge in [0.05, 0.1) is 12.8 Å². The largest absolute Gasteiger partial charge is 0.496 e. The maximum Gasteiger partial charge on any atom is 0.127 e. The van der Waals surface area contributed by atoms with Crippen molar-refractivity contribution >= 4 is 0 Å². The van der Waals surface area contributed by atoms with E-state index in [-0.39, 0.29) is 0 Å². The molecule has 0 saturated carbocycles. The first-order valence-electron chi connectivity index (χ1n) is 12.9. The van der Waals surface area contributed by atoms with Gasteiger partial charge in [-0.25, -0.2) is 0 Å². The highest BCUT2D eigenvalue weighted by Gasteiger charge is 2.21. The van der Waals surface area contributed by atoms with Crippen molar-refractivity contribution in [3.8, 4) is 17.0 Å². The Morgan fingerprint density at radius 2 is 1.59 bits per heavy atom. The molecule has 0 aliphatic rings. The van der Waals surface area contributed by atoms with Gasteiger partial charge in [-0.2, -0.15) is 0 Å². The minimum Gasteiger partial charge on any atom is -0.496 e. The Kier molecular flexibility index (Phi) is 9.71. The SMILES string of the molecule is CCCCCC(c1ccccc1)N(C)Cc1c(OC)cc(-c2c(CC)cccc2CC)nc1C. The Hall–Kier alpha value is -2.65. The quantitative estimate of drug-likeness (QED) is 0.258. The molecule has 2 aromatic carbocycles. The molecule has 0 saturated heterocycles. The molecular formula is C31H42N2O. The van der Waals surface area contributed by atoms with Gasteiger partial charge in [-0.05, 0) is 49.9 Å². The predicted molar refractivity (Wildman–Crippen MR) is 145 cm³/mol. The first-order valence-corrected chi connectivity index (χ1v) is 12.9. The van der Waals surface area contributed by atoms with E-state index in [0.29, 0.717) is 6.04 Å². The lowest BCUT2D eigenvalue weighted by Crippen LogP contribution is -2.25. The number of benzene rings is 2. The number of nitrogens with zero attached hydrogens (tertiary/aromatic N) is 2. The van der Waals surface area contributed by atoms with E-state index >= 15 is 0 Å². The lowest BCUT2D eigenvalue weighted by Gasteiger charge is -2.30. The third kappa shape index (κ3) is 6.07. The molecule has 0 aliphatic heterocycles. The van der Waals surface area contributed by atoms with Gasteiger partial charge in [-0.15, -0.1) is 0 Å². The van der Waals surface area contributed by atoms with Crippen LogP contribution in [0.15, 0.2) is 54.6 Å². The number of hydrogen-bond acceptors (Lipinski definition) is 3. The standard InChI is InChI=1S/C31H42N2O/c1-7-10-12-20-29(26-16-13-11-14-17-26)33(5)22-27-23(4)32-28(21-30(27)34-6)31-24(8-2)18-15-19-25(31)9-3/h11,13-19,21,29H,7-10,12,20,22H2,1-6H3. The van der Waals surface area contributed by atoms with Crippen molar-refractivity contribution in [2.24, 2.45) is 0 Å². The van der Waals surface area contributed by atoms with Gasteiger partial charge in [0.1, 0.15) is 5.75 Å². The van der Waals surface area contributed by atoms with Gasteiger partial charge in [0, 0.05) is 35.5 Å². The maximum atomic E-state index is 5.95. The molecule has 1 aromatic heterocycles. The number of rotatable bonds is 12. The monoisotopic (exact) mass is 458 g/mol.